The summed E-state index contributed by atoms with van der Waals surface area (Å²) in [6.07, 6.45) is 4.15. The molecule has 2 aromatic heterocycles. The lowest BCUT2D eigenvalue weighted by Gasteiger charge is -2.31. The second-order valence-corrected chi connectivity index (χ2v) is 5.82. The third-order valence-corrected chi connectivity index (χ3v) is 4.57. The summed E-state index contributed by atoms with van der Waals surface area (Å²) in [5.74, 6) is 0.866. The Morgan fingerprint density at radius 2 is 2.14 bits per heavy atom. The second kappa shape index (κ2) is 8.76. The van der Waals surface area contributed by atoms with Gasteiger partial charge in [0.2, 0.25) is 0 Å². The summed E-state index contributed by atoms with van der Waals surface area (Å²) in [7, 11) is 2.05. The molecule has 1 N–H and O–H groups in total. The maximum atomic E-state index is 5.38. The summed E-state index contributed by atoms with van der Waals surface area (Å²) in [4.78, 5) is 7.13. The van der Waals surface area contributed by atoms with Crippen molar-refractivity contribution in [1.82, 2.24) is 15.2 Å². The van der Waals surface area contributed by atoms with Gasteiger partial charge in [0.25, 0.3) is 0 Å². The Labute approximate surface area is 141 Å². The highest BCUT2D eigenvalue weighted by atomic mass is 35.5. The highest BCUT2D eigenvalue weighted by molar-refractivity contribution is 7.13. The predicted molar refractivity (Wildman–Crippen MR) is 91.7 cm³/mol. The fourth-order valence-corrected chi connectivity index (χ4v) is 3.28. The van der Waals surface area contributed by atoms with E-state index in [9.17, 15) is 0 Å². The van der Waals surface area contributed by atoms with Gasteiger partial charge in [-0.3, -0.25) is 4.90 Å². The normalized spacial score (nSPS) is 16.2. The van der Waals surface area contributed by atoms with E-state index in [1.165, 1.54) is 12.8 Å². The molecule has 0 radical (unpaired) electrons. The smallest absolute Gasteiger partial charge is 0.162 e. The van der Waals surface area contributed by atoms with E-state index in [2.05, 4.69) is 27.6 Å². The number of likely N-dealkylation sites (tertiary alicyclic amines) is 1. The summed E-state index contributed by atoms with van der Waals surface area (Å²) in [5, 5.41) is 6.48. The molecule has 21 heavy (non-hydrogen) atoms. The molecule has 4 nitrogen and oxygen atoms in total. The monoisotopic (exact) mass is 349 g/mol. The van der Waals surface area contributed by atoms with E-state index < -0.39 is 0 Å². The first-order valence-electron chi connectivity index (χ1n) is 6.73. The molecule has 118 valence electrons. The minimum atomic E-state index is 0. The summed E-state index contributed by atoms with van der Waals surface area (Å²) in [6.45, 7) is 3.26. The number of nitrogens with one attached hydrogen (secondary N) is 1. The summed E-state index contributed by atoms with van der Waals surface area (Å²) < 4.78 is 5.38. The fraction of sp³-hybridized carbons (Fsp3) is 0.500. The number of piperidine rings is 1. The van der Waals surface area contributed by atoms with Gasteiger partial charge in [-0.1, -0.05) is 0 Å². The second-order valence-electron chi connectivity index (χ2n) is 4.96. The van der Waals surface area contributed by atoms with E-state index >= 15 is 0 Å². The number of hydrogen-bond donors (Lipinski definition) is 1. The molecule has 3 heterocycles. The first kappa shape index (κ1) is 18.5. The van der Waals surface area contributed by atoms with Gasteiger partial charge in [-0.2, -0.15) is 0 Å². The highest BCUT2D eigenvalue weighted by Gasteiger charge is 2.18. The molecule has 0 aliphatic carbocycles. The van der Waals surface area contributed by atoms with Crippen LogP contribution in [0.5, 0.6) is 0 Å². The molecule has 1 fully saturated rings. The van der Waals surface area contributed by atoms with Crippen molar-refractivity contribution < 1.29 is 4.42 Å². The van der Waals surface area contributed by atoms with E-state index in [4.69, 9.17) is 4.42 Å². The van der Waals surface area contributed by atoms with Crippen molar-refractivity contribution in [2.45, 2.75) is 25.4 Å². The standard InChI is InChI=1S/C14H19N3OS.2ClH/c1-15-11-4-6-17(7-5-11)9-12-10-19-14(16-12)13-3-2-8-18-13;;/h2-3,8,10-11,15H,4-7,9H2,1H3;2*1H. The van der Waals surface area contributed by atoms with Gasteiger partial charge in [-0.15, -0.1) is 36.2 Å². The molecular weight excluding hydrogens is 329 g/mol. The van der Waals surface area contributed by atoms with Crippen LogP contribution in [0.4, 0.5) is 0 Å². The van der Waals surface area contributed by atoms with Gasteiger partial charge in [0.1, 0.15) is 0 Å². The summed E-state index contributed by atoms with van der Waals surface area (Å²) in [5.41, 5.74) is 1.15. The Morgan fingerprint density at radius 3 is 2.76 bits per heavy atom. The first-order chi connectivity index (χ1) is 9.35. The Kier molecular flexibility index (Phi) is 7.70. The van der Waals surface area contributed by atoms with Gasteiger partial charge >= 0.3 is 0 Å². The van der Waals surface area contributed by atoms with Gasteiger partial charge in [0.15, 0.2) is 10.8 Å². The number of furan rings is 1. The number of thiazole rings is 1. The minimum Gasteiger partial charge on any atom is -0.462 e. The van der Waals surface area contributed by atoms with Crippen LogP contribution >= 0.6 is 36.2 Å². The van der Waals surface area contributed by atoms with Crippen LogP contribution in [0.25, 0.3) is 10.8 Å². The zero-order valence-corrected chi connectivity index (χ0v) is 14.4. The third kappa shape index (κ3) is 4.69. The van der Waals surface area contributed by atoms with Gasteiger partial charge in [0, 0.05) is 31.1 Å². The summed E-state index contributed by atoms with van der Waals surface area (Å²) >= 11 is 1.66. The van der Waals surface area contributed by atoms with Crippen molar-refractivity contribution in [3.05, 3.63) is 29.5 Å². The number of aromatic nitrogens is 1. The molecule has 1 saturated heterocycles. The predicted octanol–water partition coefficient (Wildman–Crippen LogP) is 3.43. The quantitative estimate of drug-likeness (QED) is 0.917. The number of nitrogens with zero attached hydrogens (tertiary/aromatic N) is 2. The van der Waals surface area contributed by atoms with Crippen molar-refractivity contribution >= 4 is 36.2 Å². The van der Waals surface area contributed by atoms with Crippen molar-refractivity contribution in [2.75, 3.05) is 20.1 Å². The van der Waals surface area contributed by atoms with Crippen LogP contribution in [-0.4, -0.2) is 36.1 Å². The van der Waals surface area contributed by atoms with E-state index in [1.807, 2.05) is 12.1 Å². The van der Waals surface area contributed by atoms with Crippen LogP contribution in [0.1, 0.15) is 18.5 Å². The van der Waals surface area contributed by atoms with Crippen molar-refractivity contribution in [3.63, 3.8) is 0 Å². The van der Waals surface area contributed by atoms with Crippen molar-refractivity contribution in [2.24, 2.45) is 0 Å². The fourth-order valence-electron chi connectivity index (χ4n) is 2.50. The molecule has 3 rings (SSSR count). The van der Waals surface area contributed by atoms with E-state index in [1.54, 1.807) is 17.6 Å². The SMILES string of the molecule is CNC1CCN(Cc2csc(-c3ccco3)n2)CC1.Cl.Cl. The summed E-state index contributed by atoms with van der Waals surface area (Å²) in [6, 6.07) is 4.55. The van der Waals surface area contributed by atoms with Gasteiger partial charge < -0.3 is 9.73 Å². The molecule has 0 aromatic carbocycles. The largest absolute Gasteiger partial charge is 0.462 e. The minimum absolute atomic E-state index is 0. The van der Waals surface area contributed by atoms with Crippen LogP contribution in [0, 0.1) is 0 Å². The van der Waals surface area contributed by atoms with Crippen molar-refractivity contribution in [1.29, 1.82) is 0 Å². The lowest BCUT2D eigenvalue weighted by molar-refractivity contribution is 0.193. The molecule has 0 saturated carbocycles. The topological polar surface area (TPSA) is 41.3 Å². The maximum absolute atomic E-state index is 5.38. The molecule has 0 amide bonds. The Balaban J connectivity index is 0.00000110. The number of hydrogen-bond acceptors (Lipinski definition) is 5. The highest BCUT2D eigenvalue weighted by Crippen LogP contribution is 2.25. The first-order valence-corrected chi connectivity index (χ1v) is 7.61. The molecular formula is C14H21Cl2N3OS. The van der Waals surface area contributed by atoms with Crippen LogP contribution in [0.15, 0.2) is 28.2 Å². The van der Waals surface area contributed by atoms with Gasteiger partial charge in [-0.25, -0.2) is 4.98 Å². The number of halogens is 2. The van der Waals surface area contributed by atoms with E-state index in [-0.39, 0.29) is 24.8 Å². The van der Waals surface area contributed by atoms with Gasteiger partial charge in [0.05, 0.1) is 12.0 Å². The Hall–Kier alpha value is -0.590. The molecule has 2 aromatic rings. The Bertz CT molecular complexity index is 510. The van der Waals surface area contributed by atoms with Crippen molar-refractivity contribution in [3.8, 4) is 10.8 Å². The van der Waals surface area contributed by atoms with Gasteiger partial charge in [-0.05, 0) is 32.0 Å². The van der Waals surface area contributed by atoms with E-state index in [0.29, 0.717) is 6.04 Å². The van der Waals surface area contributed by atoms with Crippen LogP contribution in [0.2, 0.25) is 0 Å². The lowest BCUT2D eigenvalue weighted by Crippen LogP contribution is -2.40. The maximum Gasteiger partial charge on any atom is 0.162 e. The average molecular weight is 350 g/mol. The zero-order valence-electron chi connectivity index (χ0n) is 11.9. The zero-order chi connectivity index (χ0) is 13.1. The average Bonchev–Trinajstić information content (AvgIpc) is 3.10. The molecule has 0 atom stereocenters. The molecule has 0 spiro atoms. The van der Waals surface area contributed by atoms with Crippen LogP contribution in [0.3, 0.4) is 0 Å². The Morgan fingerprint density at radius 1 is 1.38 bits per heavy atom. The van der Waals surface area contributed by atoms with Crippen LogP contribution in [-0.2, 0) is 6.54 Å². The number of rotatable bonds is 4. The third-order valence-electron chi connectivity index (χ3n) is 3.67. The molecule has 1 aliphatic rings. The lowest BCUT2D eigenvalue weighted by atomic mass is 10.1. The molecule has 0 unspecified atom stereocenters. The molecule has 7 heteroatoms. The molecule has 0 bridgehead atoms. The molecule has 1 aliphatic heterocycles. The van der Waals surface area contributed by atoms with Crippen LogP contribution < -0.4 is 5.32 Å². The van der Waals surface area contributed by atoms with E-state index in [0.717, 1.165) is 36.1 Å².